The molecule has 0 unspecified atom stereocenters. The zero-order valence-corrected chi connectivity index (χ0v) is 11.7. The van der Waals surface area contributed by atoms with Crippen molar-refractivity contribution in [3.63, 3.8) is 0 Å². The lowest BCUT2D eigenvalue weighted by Crippen LogP contribution is -2.36. The second-order valence-electron chi connectivity index (χ2n) is 4.55. The molecule has 0 aliphatic carbocycles. The predicted molar refractivity (Wildman–Crippen MR) is 75.5 cm³/mol. The van der Waals surface area contributed by atoms with Gasteiger partial charge in [0, 0.05) is 17.8 Å². The van der Waals surface area contributed by atoms with Gasteiger partial charge in [0.2, 0.25) is 0 Å². The van der Waals surface area contributed by atoms with Crippen LogP contribution in [0.4, 0.5) is 19.0 Å². The summed E-state index contributed by atoms with van der Waals surface area (Å²) in [4.78, 5) is 5.52. The summed E-state index contributed by atoms with van der Waals surface area (Å²) in [6, 6.07) is 9.19. The number of hydrogen-bond acceptors (Lipinski definition) is 2. The second kappa shape index (κ2) is 5.87. The van der Waals surface area contributed by atoms with Crippen molar-refractivity contribution < 1.29 is 13.2 Å². The summed E-state index contributed by atoms with van der Waals surface area (Å²) >= 11 is 5.61. The molecule has 1 aromatic heterocycles. The van der Waals surface area contributed by atoms with Gasteiger partial charge in [0.15, 0.2) is 0 Å². The summed E-state index contributed by atoms with van der Waals surface area (Å²) in [5.41, 5.74) is 1.38. The standard InChI is InChI=1S/C14H14ClF3N2/c1-10-8-11-4-2-3-5-12(11)19-13(10)20(7-6-15)9-14(16,17)18/h2-5,8H,6-7,9H2,1H3. The first-order valence-corrected chi connectivity index (χ1v) is 6.68. The van der Waals surface area contributed by atoms with Gasteiger partial charge >= 0.3 is 6.18 Å². The third-order valence-corrected chi connectivity index (χ3v) is 3.08. The number of anilines is 1. The highest BCUT2D eigenvalue weighted by atomic mass is 35.5. The molecule has 0 fully saturated rings. The highest BCUT2D eigenvalue weighted by Gasteiger charge is 2.31. The Bertz CT molecular complexity index is 598. The van der Waals surface area contributed by atoms with Crippen LogP contribution in [-0.2, 0) is 0 Å². The molecule has 0 atom stereocenters. The van der Waals surface area contributed by atoms with Gasteiger partial charge in [-0.25, -0.2) is 4.98 Å². The first-order chi connectivity index (χ1) is 9.40. The van der Waals surface area contributed by atoms with Crippen LogP contribution in [0.2, 0.25) is 0 Å². The zero-order chi connectivity index (χ0) is 14.8. The van der Waals surface area contributed by atoms with E-state index >= 15 is 0 Å². The Morgan fingerprint density at radius 1 is 1.25 bits per heavy atom. The van der Waals surface area contributed by atoms with E-state index in [0.29, 0.717) is 16.9 Å². The maximum Gasteiger partial charge on any atom is 0.405 e. The van der Waals surface area contributed by atoms with Crippen molar-refractivity contribution in [2.75, 3.05) is 23.9 Å². The molecule has 2 nitrogen and oxygen atoms in total. The van der Waals surface area contributed by atoms with E-state index in [4.69, 9.17) is 11.6 Å². The summed E-state index contributed by atoms with van der Waals surface area (Å²) in [7, 11) is 0. The number of fused-ring (bicyclic) bond motifs is 1. The second-order valence-corrected chi connectivity index (χ2v) is 4.93. The van der Waals surface area contributed by atoms with Crippen molar-refractivity contribution in [1.82, 2.24) is 4.98 Å². The van der Waals surface area contributed by atoms with Gasteiger partial charge < -0.3 is 4.90 Å². The number of halogens is 4. The van der Waals surface area contributed by atoms with Crippen LogP contribution in [0, 0.1) is 6.92 Å². The number of nitrogens with zero attached hydrogens (tertiary/aromatic N) is 2. The summed E-state index contributed by atoms with van der Waals surface area (Å²) in [5, 5.41) is 0.909. The van der Waals surface area contributed by atoms with Crippen molar-refractivity contribution in [2.24, 2.45) is 0 Å². The van der Waals surface area contributed by atoms with Crippen LogP contribution in [0.25, 0.3) is 10.9 Å². The Morgan fingerprint density at radius 2 is 1.95 bits per heavy atom. The summed E-state index contributed by atoms with van der Waals surface area (Å²) in [6.07, 6.45) is -4.29. The molecule has 0 aliphatic heterocycles. The molecule has 0 saturated heterocycles. The molecule has 0 saturated carbocycles. The lowest BCUT2D eigenvalue weighted by Gasteiger charge is -2.25. The molecule has 108 valence electrons. The highest BCUT2D eigenvalue weighted by Crippen LogP contribution is 2.26. The molecule has 0 spiro atoms. The normalized spacial score (nSPS) is 11.8. The van der Waals surface area contributed by atoms with Crippen molar-refractivity contribution >= 4 is 28.3 Å². The van der Waals surface area contributed by atoms with Crippen LogP contribution in [0.15, 0.2) is 30.3 Å². The first-order valence-electron chi connectivity index (χ1n) is 6.15. The molecule has 6 heteroatoms. The molecule has 0 bridgehead atoms. The largest absolute Gasteiger partial charge is 0.405 e. The highest BCUT2D eigenvalue weighted by molar-refractivity contribution is 6.18. The minimum atomic E-state index is -4.29. The maximum atomic E-state index is 12.6. The molecular weight excluding hydrogens is 289 g/mol. The molecule has 2 aromatic rings. The third kappa shape index (κ3) is 3.54. The van der Waals surface area contributed by atoms with E-state index in [1.807, 2.05) is 24.3 Å². The maximum absolute atomic E-state index is 12.6. The van der Waals surface area contributed by atoms with Crippen molar-refractivity contribution in [3.8, 4) is 0 Å². The van der Waals surface area contributed by atoms with Gasteiger partial charge in [-0.3, -0.25) is 0 Å². The number of pyridine rings is 1. The molecule has 1 aromatic carbocycles. The van der Waals surface area contributed by atoms with Gasteiger partial charge in [0.1, 0.15) is 12.4 Å². The number of aromatic nitrogens is 1. The van der Waals surface area contributed by atoms with E-state index in [0.717, 1.165) is 5.39 Å². The molecule has 2 rings (SSSR count). The van der Waals surface area contributed by atoms with Crippen LogP contribution in [0.1, 0.15) is 5.56 Å². The van der Waals surface area contributed by atoms with Gasteiger partial charge in [-0.15, -0.1) is 11.6 Å². The van der Waals surface area contributed by atoms with Crippen LogP contribution >= 0.6 is 11.6 Å². The van der Waals surface area contributed by atoms with Gasteiger partial charge in [0.25, 0.3) is 0 Å². The Labute approximate surface area is 120 Å². The average molecular weight is 303 g/mol. The van der Waals surface area contributed by atoms with Crippen molar-refractivity contribution in [2.45, 2.75) is 13.1 Å². The predicted octanol–water partition coefficient (Wildman–Crippen LogP) is 4.15. The number of rotatable bonds is 4. The number of para-hydroxylation sites is 1. The molecule has 0 aliphatic rings. The fourth-order valence-electron chi connectivity index (χ4n) is 2.11. The van der Waals surface area contributed by atoms with E-state index in [-0.39, 0.29) is 12.4 Å². The minimum absolute atomic E-state index is 0.104. The summed E-state index contributed by atoms with van der Waals surface area (Å²) in [6.45, 7) is 0.811. The van der Waals surface area contributed by atoms with Gasteiger partial charge in [0.05, 0.1) is 5.52 Å². The Morgan fingerprint density at radius 3 is 2.60 bits per heavy atom. The van der Waals surface area contributed by atoms with E-state index in [1.54, 1.807) is 13.0 Å². The van der Waals surface area contributed by atoms with E-state index in [1.165, 1.54) is 4.90 Å². The molecule has 20 heavy (non-hydrogen) atoms. The number of hydrogen-bond donors (Lipinski definition) is 0. The number of benzene rings is 1. The molecular formula is C14H14ClF3N2. The Hall–Kier alpha value is -1.49. The lowest BCUT2D eigenvalue weighted by atomic mass is 10.1. The third-order valence-electron chi connectivity index (χ3n) is 2.91. The quantitative estimate of drug-likeness (QED) is 0.789. The van der Waals surface area contributed by atoms with Gasteiger partial charge in [-0.2, -0.15) is 13.2 Å². The van der Waals surface area contributed by atoms with Crippen LogP contribution in [0.3, 0.4) is 0 Å². The molecule has 0 N–H and O–H groups in total. The fraction of sp³-hybridized carbons (Fsp3) is 0.357. The van der Waals surface area contributed by atoms with Crippen molar-refractivity contribution in [3.05, 3.63) is 35.9 Å². The topological polar surface area (TPSA) is 16.1 Å². The Balaban J connectivity index is 2.44. The first kappa shape index (κ1) is 14.9. The minimum Gasteiger partial charge on any atom is -0.346 e. The van der Waals surface area contributed by atoms with E-state index in [9.17, 15) is 13.2 Å². The van der Waals surface area contributed by atoms with Gasteiger partial charge in [-0.1, -0.05) is 18.2 Å². The monoisotopic (exact) mass is 302 g/mol. The molecule has 1 heterocycles. The summed E-state index contributed by atoms with van der Waals surface area (Å²) < 4.78 is 37.9. The van der Waals surface area contributed by atoms with Crippen molar-refractivity contribution in [1.29, 1.82) is 0 Å². The molecule has 0 radical (unpaired) electrons. The number of alkyl halides is 4. The fourth-order valence-corrected chi connectivity index (χ4v) is 2.31. The van der Waals surface area contributed by atoms with Crippen LogP contribution in [0.5, 0.6) is 0 Å². The zero-order valence-electron chi connectivity index (χ0n) is 10.9. The lowest BCUT2D eigenvalue weighted by molar-refractivity contribution is -0.119. The molecule has 0 amide bonds. The smallest absolute Gasteiger partial charge is 0.346 e. The van der Waals surface area contributed by atoms with E-state index in [2.05, 4.69) is 4.98 Å². The summed E-state index contributed by atoms with van der Waals surface area (Å²) in [5.74, 6) is 0.450. The Kier molecular flexibility index (Phi) is 4.38. The van der Waals surface area contributed by atoms with Crippen LogP contribution in [-0.4, -0.2) is 30.1 Å². The van der Waals surface area contributed by atoms with E-state index < -0.39 is 12.7 Å². The SMILES string of the molecule is Cc1cc2ccccc2nc1N(CCCl)CC(F)(F)F. The van der Waals surface area contributed by atoms with Gasteiger partial charge in [-0.05, 0) is 24.6 Å². The van der Waals surface area contributed by atoms with Crippen LogP contribution < -0.4 is 4.90 Å². The average Bonchev–Trinajstić information content (AvgIpc) is 2.36. The number of aryl methyl sites for hydroxylation is 1.